The number of hydrogen-bond donors (Lipinski definition) is 4. The molecule has 220 valence electrons. The lowest BCUT2D eigenvalue weighted by molar-refractivity contribution is -0.137. The first-order valence-corrected chi connectivity index (χ1v) is 15.6. The Morgan fingerprint density at radius 2 is 1.70 bits per heavy atom. The van der Waals surface area contributed by atoms with Gasteiger partial charge in [0, 0.05) is 36.8 Å². The van der Waals surface area contributed by atoms with E-state index in [0.29, 0.717) is 24.1 Å². The molecule has 0 saturated heterocycles. The van der Waals surface area contributed by atoms with Crippen molar-refractivity contribution in [1.29, 1.82) is 0 Å². The van der Waals surface area contributed by atoms with Crippen LogP contribution in [0.1, 0.15) is 69.4 Å². The molecule has 1 amide bonds. The van der Waals surface area contributed by atoms with Crippen LogP contribution in [0.2, 0.25) is 0 Å². The number of fused-ring (bicyclic) bond motifs is 1. The minimum atomic E-state index is -3.70. The Hall–Kier alpha value is -3.11. The number of carbonyl (C=O) groups is 2. The van der Waals surface area contributed by atoms with Crippen molar-refractivity contribution < 1.29 is 28.2 Å². The van der Waals surface area contributed by atoms with Gasteiger partial charge in [-0.1, -0.05) is 51.7 Å². The second-order valence-electron chi connectivity index (χ2n) is 11.0. The Kier molecular flexibility index (Phi) is 10.6. The number of hydrogen-bond acceptors (Lipinski definition) is 7. The summed E-state index contributed by atoms with van der Waals surface area (Å²) in [6.45, 7) is 3.55. The van der Waals surface area contributed by atoms with Crippen molar-refractivity contribution in [3.63, 3.8) is 0 Å². The van der Waals surface area contributed by atoms with Gasteiger partial charge in [0.05, 0.1) is 23.3 Å². The molecular formula is C30H43N3O6S. The molecule has 0 saturated carbocycles. The third-order valence-electron chi connectivity index (χ3n) is 7.79. The average Bonchev–Trinajstić information content (AvgIpc) is 2.98. The van der Waals surface area contributed by atoms with Crippen LogP contribution in [0.5, 0.6) is 0 Å². The van der Waals surface area contributed by atoms with Crippen molar-refractivity contribution >= 4 is 33.1 Å². The SMILES string of the molecule is CCCCC1(CCCC)CS(=O)(=O)c2ccc(N(C)C)cc2[C@@H](c2cccc(NCC(=O)NCC(=O)O)c2)[C@H]1O. The third kappa shape index (κ3) is 7.34. The number of aliphatic hydroxyl groups is 1. The second kappa shape index (κ2) is 13.5. The van der Waals surface area contributed by atoms with Crippen LogP contribution in [0.15, 0.2) is 47.4 Å². The maximum absolute atomic E-state index is 14.0. The van der Waals surface area contributed by atoms with Crippen molar-refractivity contribution in [3.05, 3.63) is 53.6 Å². The highest BCUT2D eigenvalue weighted by Crippen LogP contribution is 2.50. The number of unbranched alkanes of at least 4 members (excludes halogenated alkanes) is 2. The summed E-state index contributed by atoms with van der Waals surface area (Å²) in [4.78, 5) is 25.0. The molecule has 0 radical (unpaired) electrons. The van der Waals surface area contributed by atoms with Crippen LogP contribution in [0.3, 0.4) is 0 Å². The summed E-state index contributed by atoms with van der Waals surface area (Å²) in [6.07, 6.45) is 3.68. The Morgan fingerprint density at radius 1 is 1.02 bits per heavy atom. The van der Waals surface area contributed by atoms with Gasteiger partial charge in [-0.15, -0.1) is 0 Å². The highest BCUT2D eigenvalue weighted by atomic mass is 32.2. The van der Waals surface area contributed by atoms with Gasteiger partial charge < -0.3 is 25.7 Å². The molecule has 1 heterocycles. The molecule has 10 heteroatoms. The fourth-order valence-electron chi connectivity index (χ4n) is 5.65. The zero-order valence-corrected chi connectivity index (χ0v) is 24.8. The van der Waals surface area contributed by atoms with E-state index >= 15 is 0 Å². The van der Waals surface area contributed by atoms with Gasteiger partial charge in [-0.2, -0.15) is 0 Å². The van der Waals surface area contributed by atoms with E-state index in [1.807, 2.05) is 43.3 Å². The zero-order chi connectivity index (χ0) is 29.5. The molecule has 0 fully saturated rings. The van der Waals surface area contributed by atoms with Gasteiger partial charge in [-0.05, 0) is 54.3 Å². The van der Waals surface area contributed by atoms with Crippen LogP contribution in [0.4, 0.5) is 11.4 Å². The standard InChI is InChI=1S/C30H43N3O6S/c1-5-7-14-30(15-8-6-2)20-40(38,39)25-13-12-23(33(3)4)17-24(25)28(29(30)37)21-10-9-11-22(16-21)31-18-26(34)32-19-27(35)36/h9-13,16-17,28-29,31,37H,5-8,14-15,18-20H2,1-4H3,(H,32,34)(H,35,36)/t28-,29-/m1/s1. The van der Waals surface area contributed by atoms with E-state index in [9.17, 15) is 23.1 Å². The van der Waals surface area contributed by atoms with Gasteiger partial charge in [0.15, 0.2) is 9.84 Å². The maximum atomic E-state index is 14.0. The van der Waals surface area contributed by atoms with E-state index < -0.39 is 45.7 Å². The predicted octanol–water partition coefficient (Wildman–Crippen LogP) is 4.01. The van der Waals surface area contributed by atoms with Gasteiger partial charge in [0.25, 0.3) is 0 Å². The van der Waals surface area contributed by atoms with Crippen LogP contribution < -0.4 is 15.5 Å². The van der Waals surface area contributed by atoms with E-state index in [1.165, 1.54) is 0 Å². The number of carboxylic acids is 1. The molecule has 0 spiro atoms. The predicted molar refractivity (Wildman–Crippen MR) is 158 cm³/mol. The van der Waals surface area contributed by atoms with Crippen molar-refractivity contribution in [2.24, 2.45) is 5.41 Å². The van der Waals surface area contributed by atoms with Crippen LogP contribution >= 0.6 is 0 Å². The zero-order valence-electron chi connectivity index (χ0n) is 23.9. The molecule has 9 nitrogen and oxygen atoms in total. The van der Waals surface area contributed by atoms with Crippen LogP contribution in [-0.2, 0) is 19.4 Å². The van der Waals surface area contributed by atoms with Gasteiger partial charge in [0.2, 0.25) is 5.91 Å². The van der Waals surface area contributed by atoms with E-state index in [1.54, 1.807) is 18.2 Å². The van der Waals surface area contributed by atoms with Crippen molar-refractivity contribution in [2.45, 2.75) is 69.3 Å². The van der Waals surface area contributed by atoms with Crippen LogP contribution in [0.25, 0.3) is 0 Å². The Morgan fingerprint density at radius 3 is 2.30 bits per heavy atom. The highest BCUT2D eigenvalue weighted by molar-refractivity contribution is 7.91. The number of sulfone groups is 1. The molecule has 40 heavy (non-hydrogen) atoms. The summed E-state index contributed by atoms with van der Waals surface area (Å²) in [6, 6.07) is 12.7. The van der Waals surface area contributed by atoms with Gasteiger partial charge in [0.1, 0.15) is 6.54 Å². The molecular weight excluding hydrogens is 530 g/mol. The fraction of sp³-hybridized carbons (Fsp3) is 0.533. The first-order chi connectivity index (χ1) is 18.9. The first kappa shape index (κ1) is 31.4. The molecule has 1 aliphatic heterocycles. The van der Waals surface area contributed by atoms with Gasteiger partial charge in [-0.25, -0.2) is 8.42 Å². The summed E-state index contributed by atoms with van der Waals surface area (Å²) in [5.41, 5.74) is 1.96. The number of aliphatic hydroxyl groups excluding tert-OH is 1. The monoisotopic (exact) mass is 573 g/mol. The smallest absolute Gasteiger partial charge is 0.322 e. The summed E-state index contributed by atoms with van der Waals surface area (Å²) in [5.74, 6) is -2.30. The summed E-state index contributed by atoms with van der Waals surface area (Å²) < 4.78 is 27.9. The molecule has 1 aliphatic rings. The molecule has 2 aromatic rings. The first-order valence-electron chi connectivity index (χ1n) is 14.0. The molecule has 0 bridgehead atoms. The Balaban J connectivity index is 2.14. The van der Waals surface area contributed by atoms with Crippen LogP contribution in [-0.4, -0.2) is 69.5 Å². The van der Waals surface area contributed by atoms with Crippen LogP contribution in [0, 0.1) is 5.41 Å². The number of benzene rings is 2. The van der Waals surface area contributed by atoms with E-state index in [0.717, 1.165) is 36.9 Å². The topological polar surface area (TPSA) is 136 Å². The summed E-state index contributed by atoms with van der Waals surface area (Å²) in [5, 5.41) is 26.4. The lowest BCUT2D eigenvalue weighted by atomic mass is 9.68. The number of carboxylic acid groups (broad SMARTS) is 1. The van der Waals surface area contributed by atoms with E-state index in [4.69, 9.17) is 5.11 Å². The lowest BCUT2D eigenvalue weighted by Crippen LogP contribution is -2.43. The van der Waals surface area contributed by atoms with Gasteiger partial charge in [-0.3, -0.25) is 9.59 Å². The number of aliphatic carboxylic acids is 1. The fourth-order valence-corrected chi connectivity index (χ4v) is 7.84. The Bertz CT molecular complexity index is 1290. The normalized spacial score (nSPS) is 19.2. The number of amides is 1. The minimum absolute atomic E-state index is 0.104. The molecule has 0 unspecified atom stereocenters. The average molecular weight is 574 g/mol. The quantitative estimate of drug-likeness (QED) is 0.282. The minimum Gasteiger partial charge on any atom is -0.480 e. The molecule has 0 aromatic heterocycles. The van der Waals surface area contributed by atoms with E-state index in [2.05, 4.69) is 24.5 Å². The number of nitrogens with one attached hydrogen (secondary N) is 2. The number of nitrogens with zero attached hydrogens (tertiary/aromatic N) is 1. The Labute approximate surface area is 237 Å². The second-order valence-corrected chi connectivity index (χ2v) is 13.0. The largest absolute Gasteiger partial charge is 0.480 e. The lowest BCUT2D eigenvalue weighted by Gasteiger charge is -2.40. The number of carbonyl (C=O) groups excluding carboxylic acids is 1. The third-order valence-corrected chi connectivity index (χ3v) is 9.79. The summed E-state index contributed by atoms with van der Waals surface area (Å²) >= 11 is 0. The van der Waals surface area contributed by atoms with Crippen molar-refractivity contribution in [2.75, 3.05) is 43.2 Å². The molecule has 2 atom stereocenters. The van der Waals surface area contributed by atoms with Gasteiger partial charge >= 0.3 is 5.97 Å². The van der Waals surface area contributed by atoms with Crippen molar-refractivity contribution in [3.8, 4) is 0 Å². The maximum Gasteiger partial charge on any atom is 0.322 e. The van der Waals surface area contributed by atoms with E-state index in [-0.39, 0.29) is 17.2 Å². The molecule has 0 aliphatic carbocycles. The molecule has 4 N–H and O–H groups in total. The number of rotatable bonds is 13. The number of anilines is 2. The molecule has 2 aromatic carbocycles. The summed E-state index contributed by atoms with van der Waals surface area (Å²) in [7, 11) is 0.0847. The molecule has 3 rings (SSSR count). The van der Waals surface area contributed by atoms with Crippen molar-refractivity contribution in [1.82, 2.24) is 5.32 Å². The highest BCUT2D eigenvalue weighted by Gasteiger charge is 2.49.